The fourth-order valence-electron chi connectivity index (χ4n) is 3.46. The number of ether oxygens (including phenoxy) is 1. The SMILES string of the molecule is Cc1ccc(OCC(=O)N2CCc3cc4cc(C)c(=O)[nH]c4cc3C2)cc1. The monoisotopic (exact) mass is 362 g/mol. The Balaban J connectivity index is 1.49. The van der Waals surface area contributed by atoms with Gasteiger partial charge < -0.3 is 14.6 Å². The molecule has 0 aliphatic carbocycles. The summed E-state index contributed by atoms with van der Waals surface area (Å²) in [6.07, 6.45) is 0.805. The second kappa shape index (κ2) is 6.91. The van der Waals surface area contributed by atoms with E-state index in [1.807, 2.05) is 55.1 Å². The van der Waals surface area contributed by atoms with Crippen LogP contribution in [-0.2, 0) is 17.8 Å². The predicted octanol–water partition coefficient (Wildman–Crippen LogP) is 3.11. The van der Waals surface area contributed by atoms with E-state index in [-0.39, 0.29) is 18.1 Å². The Labute approximate surface area is 157 Å². The number of pyridine rings is 1. The molecule has 0 saturated heterocycles. The zero-order valence-corrected chi connectivity index (χ0v) is 15.5. The molecular formula is C22H22N2O3. The molecule has 0 unspecified atom stereocenters. The van der Waals surface area contributed by atoms with Crippen molar-refractivity contribution in [1.82, 2.24) is 9.88 Å². The molecule has 0 radical (unpaired) electrons. The van der Waals surface area contributed by atoms with Crippen molar-refractivity contribution < 1.29 is 9.53 Å². The van der Waals surface area contributed by atoms with Crippen LogP contribution in [0.5, 0.6) is 5.75 Å². The number of carbonyl (C=O) groups excluding carboxylic acids is 1. The van der Waals surface area contributed by atoms with Crippen LogP contribution in [0.15, 0.2) is 47.3 Å². The van der Waals surface area contributed by atoms with Crippen molar-refractivity contribution in [2.24, 2.45) is 0 Å². The van der Waals surface area contributed by atoms with E-state index >= 15 is 0 Å². The Morgan fingerprint density at radius 1 is 1.11 bits per heavy atom. The highest BCUT2D eigenvalue weighted by Crippen LogP contribution is 2.24. The standard InChI is InChI=1S/C22H22N2O3/c1-14-3-5-19(6-4-14)27-13-21(25)24-8-7-16-10-17-9-15(2)22(26)23-20(17)11-18(16)12-24/h3-6,9-11H,7-8,12-13H2,1-2H3,(H,23,26). The molecule has 2 aromatic carbocycles. The number of H-pyrrole nitrogens is 1. The van der Waals surface area contributed by atoms with Gasteiger partial charge in [0.1, 0.15) is 5.75 Å². The van der Waals surface area contributed by atoms with Crippen molar-refractivity contribution >= 4 is 16.8 Å². The predicted molar refractivity (Wildman–Crippen MR) is 105 cm³/mol. The Morgan fingerprint density at radius 2 is 1.89 bits per heavy atom. The van der Waals surface area contributed by atoms with Crippen molar-refractivity contribution in [2.75, 3.05) is 13.2 Å². The number of rotatable bonds is 3. The Kier molecular flexibility index (Phi) is 4.44. The van der Waals surface area contributed by atoms with Gasteiger partial charge in [-0.25, -0.2) is 0 Å². The lowest BCUT2D eigenvalue weighted by Gasteiger charge is -2.29. The number of aromatic nitrogens is 1. The highest BCUT2D eigenvalue weighted by atomic mass is 16.5. The van der Waals surface area contributed by atoms with Gasteiger partial charge in [-0.3, -0.25) is 9.59 Å². The molecule has 1 N–H and O–H groups in total. The van der Waals surface area contributed by atoms with Crippen molar-refractivity contribution in [3.05, 3.63) is 75.1 Å². The average Bonchev–Trinajstić information content (AvgIpc) is 2.66. The van der Waals surface area contributed by atoms with Gasteiger partial charge in [0.15, 0.2) is 6.61 Å². The van der Waals surface area contributed by atoms with E-state index < -0.39 is 0 Å². The number of hydrogen-bond donors (Lipinski definition) is 1. The summed E-state index contributed by atoms with van der Waals surface area (Å²) in [5.74, 6) is 0.670. The maximum atomic E-state index is 12.6. The maximum Gasteiger partial charge on any atom is 0.260 e. The van der Waals surface area contributed by atoms with Crippen LogP contribution >= 0.6 is 0 Å². The van der Waals surface area contributed by atoms with E-state index in [0.717, 1.165) is 28.5 Å². The zero-order valence-electron chi connectivity index (χ0n) is 15.5. The maximum absolute atomic E-state index is 12.6. The van der Waals surface area contributed by atoms with Gasteiger partial charge in [-0.15, -0.1) is 0 Å². The molecule has 27 heavy (non-hydrogen) atoms. The number of aromatic amines is 1. The first kappa shape index (κ1) is 17.3. The fourth-order valence-corrected chi connectivity index (χ4v) is 3.46. The van der Waals surface area contributed by atoms with Crippen LogP contribution in [0.2, 0.25) is 0 Å². The lowest BCUT2D eigenvalue weighted by molar-refractivity contribution is -0.134. The molecule has 0 saturated carbocycles. The van der Waals surface area contributed by atoms with Gasteiger partial charge in [0.05, 0.1) is 0 Å². The molecular weight excluding hydrogens is 340 g/mol. The summed E-state index contributed by atoms with van der Waals surface area (Å²) < 4.78 is 5.62. The zero-order chi connectivity index (χ0) is 19.0. The van der Waals surface area contributed by atoms with Crippen LogP contribution in [0, 0.1) is 13.8 Å². The molecule has 0 fully saturated rings. The third kappa shape index (κ3) is 3.58. The Hall–Kier alpha value is -3.08. The first-order chi connectivity index (χ1) is 13.0. The van der Waals surface area contributed by atoms with E-state index in [1.165, 1.54) is 5.56 Å². The topological polar surface area (TPSA) is 62.4 Å². The molecule has 0 bridgehead atoms. The van der Waals surface area contributed by atoms with Crippen molar-refractivity contribution in [3.8, 4) is 5.75 Å². The first-order valence-corrected chi connectivity index (χ1v) is 9.12. The molecule has 2 heterocycles. The summed E-state index contributed by atoms with van der Waals surface area (Å²) in [7, 11) is 0. The smallest absolute Gasteiger partial charge is 0.260 e. The summed E-state index contributed by atoms with van der Waals surface area (Å²) in [4.78, 5) is 29.2. The molecule has 138 valence electrons. The summed E-state index contributed by atoms with van der Waals surface area (Å²) >= 11 is 0. The molecule has 4 rings (SSSR count). The van der Waals surface area contributed by atoms with Gasteiger partial charge in [0.2, 0.25) is 0 Å². The first-order valence-electron chi connectivity index (χ1n) is 9.12. The number of nitrogens with one attached hydrogen (secondary N) is 1. The molecule has 1 aliphatic rings. The number of amides is 1. The number of aryl methyl sites for hydroxylation is 2. The van der Waals surface area contributed by atoms with E-state index in [0.29, 0.717) is 24.4 Å². The van der Waals surface area contributed by atoms with Crippen LogP contribution in [0.1, 0.15) is 22.3 Å². The molecule has 1 aromatic heterocycles. The minimum atomic E-state index is -0.0716. The number of benzene rings is 2. The summed E-state index contributed by atoms with van der Waals surface area (Å²) in [6, 6.07) is 13.7. The van der Waals surface area contributed by atoms with Crippen LogP contribution in [0.25, 0.3) is 10.9 Å². The molecule has 5 heteroatoms. The van der Waals surface area contributed by atoms with Crippen LogP contribution in [0.4, 0.5) is 0 Å². The molecule has 0 atom stereocenters. The van der Waals surface area contributed by atoms with Gasteiger partial charge >= 0.3 is 0 Å². The van der Waals surface area contributed by atoms with Crippen molar-refractivity contribution in [3.63, 3.8) is 0 Å². The van der Waals surface area contributed by atoms with E-state index in [4.69, 9.17) is 4.74 Å². The average molecular weight is 362 g/mol. The second-order valence-electron chi connectivity index (χ2n) is 7.16. The van der Waals surface area contributed by atoms with Gasteiger partial charge in [0.25, 0.3) is 11.5 Å². The van der Waals surface area contributed by atoms with E-state index in [1.54, 1.807) is 0 Å². The van der Waals surface area contributed by atoms with Crippen molar-refractivity contribution in [1.29, 1.82) is 0 Å². The van der Waals surface area contributed by atoms with Crippen LogP contribution in [0.3, 0.4) is 0 Å². The molecule has 0 spiro atoms. The largest absolute Gasteiger partial charge is 0.484 e. The third-order valence-corrected chi connectivity index (χ3v) is 5.10. The molecule has 5 nitrogen and oxygen atoms in total. The normalized spacial score (nSPS) is 13.5. The van der Waals surface area contributed by atoms with Crippen molar-refractivity contribution in [2.45, 2.75) is 26.8 Å². The lowest BCUT2D eigenvalue weighted by atomic mass is 9.97. The minimum absolute atomic E-state index is 0.0290. The highest BCUT2D eigenvalue weighted by Gasteiger charge is 2.21. The summed E-state index contributed by atoms with van der Waals surface area (Å²) in [5, 5.41) is 1.04. The van der Waals surface area contributed by atoms with E-state index in [9.17, 15) is 9.59 Å². The van der Waals surface area contributed by atoms with Gasteiger partial charge in [0, 0.05) is 24.2 Å². The Bertz CT molecular complexity index is 1070. The van der Waals surface area contributed by atoms with Crippen LogP contribution < -0.4 is 10.3 Å². The second-order valence-corrected chi connectivity index (χ2v) is 7.16. The lowest BCUT2D eigenvalue weighted by Crippen LogP contribution is -2.38. The Morgan fingerprint density at radius 3 is 2.67 bits per heavy atom. The van der Waals surface area contributed by atoms with Crippen LogP contribution in [-0.4, -0.2) is 28.9 Å². The number of hydrogen-bond acceptors (Lipinski definition) is 3. The quantitative estimate of drug-likeness (QED) is 0.779. The van der Waals surface area contributed by atoms with Gasteiger partial charge in [-0.1, -0.05) is 17.7 Å². The summed E-state index contributed by atoms with van der Waals surface area (Å²) in [6.45, 7) is 5.07. The van der Waals surface area contributed by atoms with Gasteiger partial charge in [-0.05, 0) is 67.1 Å². The summed E-state index contributed by atoms with van der Waals surface area (Å²) in [5.41, 5.74) is 4.92. The number of fused-ring (bicyclic) bond motifs is 2. The van der Waals surface area contributed by atoms with Gasteiger partial charge in [-0.2, -0.15) is 0 Å². The highest BCUT2D eigenvalue weighted by molar-refractivity contribution is 5.82. The third-order valence-electron chi connectivity index (χ3n) is 5.10. The fraction of sp³-hybridized carbons (Fsp3) is 0.273. The molecule has 1 amide bonds. The van der Waals surface area contributed by atoms with E-state index in [2.05, 4.69) is 11.1 Å². The minimum Gasteiger partial charge on any atom is -0.484 e. The number of carbonyl (C=O) groups is 1. The number of nitrogens with zero attached hydrogens (tertiary/aromatic N) is 1. The molecule has 3 aromatic rings. The molecule has 1 aliphatic heterocycles.